The Morgan fingerprint density at radius 3 is 2.52 bits per heavy atom. The topological polar surface area (TPSA) is 98.0 Å². The number of hydrogen-bond donors (Lipinski definition) is 1. The van der Waals surface area contributed by atoms with Crippen LogP contribution in [0.25, 0.3) is 11.1 Å². The highest BCUT2D eigenvalue weighted by atomic mass is 32.2. The predicted octanol–water partition coefficient (Wildman–Crippen LogP) is 2.54. The first-order valence-electron chi connectivity index (χ1n) is 7.68. The molecular formula is C17H18N4O3S. The molecule has 0 unspecified atom stereocenters. The first kappa shape index (κ1) is 17.2. The Labute approximate surface area is 146 Å². The van der Waals surface area contributed by atoms with Crippen molar-refractivity contribution in [1.82, 2.24) is 20.0 Å². The second-order valence-corrected chi connectivity index (χ2v) is 7.55. The number of benzene rings is 1. The molecule has 3 aromatic rings. The van der Waals surface area contributed by atoms with Crippen LogP contribution in [0.5, 0.6) is 0 Å². The molecule has 130 valence electrons. The van der Waals surface area contributed by atoms with Gasteiger partial charge in [0.2, 0.25) is 10.0 Å². The maximum atomic E-state index is 12.5. The number of nitrogens with one attached hydrogen (secondary N) is 1. The average Bonchev–Trinajstić information content (AvgIpc) is 2.98. The van der Waals surface area contributed by atoms with Gasteiger partial charge in [0, 0.05) is 11.9 Å². The molecule has 0 radical (unpaired) electrons. The molecule has 1 aromatic carbocycles. The minimum absolute atomic E-state index is 0.0298. The van der Waals surface area contributed by atoms with E-state index in [1.165, 1.54) is 0 Å². The molecule has 2 aromatic heterocycles. The summed E-state index contributed by atoms with van der Waals surface area (Å²) in [6, 6.07) is 8.93. The van der Waals surface area contributed by atoms with Gasteiger partial charge >= 0.3 is 0 Å². The quantitative estimate of drug-likeness (QED) is 0.752. The number of nitrogens with zero attached hydrogens (tertiary/aromatic N) is 3. The molecule has 25 heavy (non-hydrogen) atoms. The zero-order valence-corrected chi connectivity index (χ0v) is 15.0. The van der Waals surface area contributed by atoms with Gasteiger partial charge in [0.1, 0.15) is 11.4 Å². The van der Waals surface area contributed by atoms with E-state index in [1.807, 2.05) is 32.0 Å². The van der Waals surface area contributed by atoms with E-state index in [0.29, 0.717) is 11.4 Å². The van der Waals surface area contributed by atoms with Gasteiger partial charge in [-0.15, -0.1) is 0 Å². The summed E-state index contributed by atoms with van der Waals surface area (Å²) in [5.74, 6) is 0. The molecule has 2 heterocycles. The van der Waals surface area contributed by atoms with Crippen molar-refractivity contribution in [2.24, 2.45) is 0 Å². The van der Waals surface area contributed by atoms with Crippen molar-refractivity contribution >= 4 is 10.0 Å². The van der Waals surface area contributed by atoms with E-state index >= 15 is 0 Å². The zero-order valence-electron chi connectivity index (χ0n) is 14.1. The van der Waals surface area contributed by atoms with E-state index in [-0.39, 0.29) is 11.4 Å². The standard InChI is InChI=1S/C17H18N4O3S/c1-11-8-15(4-5-16(11)14-6-7-18-12(2)9-14)25(22,23)19-10-17-13(3)20-24-21-17/h4-9,19H,10H2,1-3H3. The lowest BCUT2D eigenvalue weighted by atomic mass is 10.0. The van der Waals surface area contributed by atoms with Crippen LogP contribution < -0.4 is 4.72 Å². The van der Waals surface area contributed by atoms with Gasteiger partial charge < -0.3 is 0 Å². The molecule has 0 spiro atoms. The lowest BCUT2D eigenvalue weighted by Gasteiger charge is -2.10. The van der Waals surface area contributed by atoms with Crippen molar-refractivity contribution in [3.63, 3.8) is 0 Å². The minimum Gasteiger partial charge on any atom is -0.262 e. The molecule has 7 nitrogen and oxygen atoms in total. The predicted molar refractivity (Wildman–Crippen MR) is 92.2 cm³/mol. The molecule has 3 rings (SSSR count). The molecule has 0 aliphatic heterocycles. The Bertz CT molecular complexity index is 1010. The van der Waals surface area contributed by atoms with Gasteiger partial charge in [0.15, 0.2) is 0 Å². The Hall–Kier alpha value is -2.58. The summed E-state index contributed by atoms with van der Waals surface area (Å²) in [7, 11) is -3.65. The molecule has 0 amide bonds. The van der Waals surface area contributed by atoms with Gasteiger partial charge in [-0.1, -0.05) is 16.4 Å². The monoisotopic (exact) mass is 358 g/mol. The van der Waals surface area contributed by atoms with Crippen molar-refractivity contribution in [2.75, 3.05) is 0 Å². The third-order valence-corrected chi connectivity index (χ3v) is 5.29. The van der Waals surface area contributed by atoms with Crippen LogP contribution in [-0.2, 0) is 16.6 Å². The van der Waals surface area contributed by atoms with E-state index in [2.05, 4.69) is 24.6 Å². The molecule has 0 aliphatic carbocycles. The molecule has 0 aliphatic rings. The fraction of sp³-hybridized carbons (Fsp3) is 0.235. The molecule has 0 saturated carbocycles. The third kappa shape index (κ3) is 3.75. The largest absolute Gasteiger partial charge is 0.262 e. The second kappa shape index (κ2) is 6.73. The van der Waals surface area contributed by atoms with Crippen LogP contribution in [0.15, 0.2) is 46.1 Å². The zero-order chi connectivity index (χ0) is 18.0. The molecule has 0 saturated heterocycles. The van der Waals surface area contributed by atoms with E-state index < -0.39 is 10.0 Å². The van der Waals surface area contributed by atoms with Gasteiger partial charge in [-0.05, 0) is 61.7 Å². The maximum Gasteiger partial charge on any atom is 0.240 e. The van der Waals surface area contributed by atoms with E-state index in [1.54, 1.807) is 25.3 Å². The Balaban J connectivity index is 1.85. The molecule has 0 bridgehead atoms. The van der Waals surface area contributed by atoms with Crippen LogP contribution in [0.4, 0.5) is 0 Å². The van der Waals surface area contributed by atoms with Crippen LogP contribution in [-0.4, -0.2) is 23.7 Å². The van der Waals surface area contributed by atoms with E-state index in [0.717, 1.165) is 22.4 Å². The van der Waals surface area contributed by atoms with Crippen molar-refractivity contribution in [2.45, 2.75) is 32.2 Å². The lowest BCUT2D eigenvalue weighted by Crippen LogP contribution is -2.23. The van der Waals surface area contributed by atoms with Gasteiger partial charge in [-0.25, -0.2) is 17.8 Å². The normalized spacial score (nSPS) is 11.6. The molecule has 0 fully saturated rings. The Morgan fingerprint density at radius 2 is 1.88 bits per heavy atom. The summed E-state index contributed by atoms with van der Waals surface area (Å²) in [6.07, 6.45) is 1.74. The number of hydrogen-bond acceptors (Lipinski definition) is 6. The van der Waals surface area contributed by atoms with Crippen LogP contribution in [0, 0.1) is 20.8 Å². The minimum atomic E-state index is -3.65. The molecule has 1 N–H and O–H groups in total. The number of sulfonamides is 1. The second-order valence-electron chi connectivity index (χ2n) is 5.78. The summed E-state index contributed by atoms with van der Waals surface area (Å²) in [5.41, 5.74) is 4.78. The number of aromatic nitrogens is 3. The van der Waals surface area contributed by atoms with Gasteiger partial charge in [-0.3, -0.25) is 4.98 Å². The van der Waals surface area contributed by atoms with Crippen molar-refractivity contribution in [3.05, 3.63) is 59.2 Å². The molecule has 0 atom stereocenters. The molecule has 8 heteroatoms. The number of pyridine rings is 1. The lowest BCUT2D eigenvalue weighted by molar-refractivity contribution is 0.301. The summed E-state index contributed by atoms with van der Waals surface area (Å²) in [4.78, 5) is 4.39. The van der Waals surface area contributed by atoms with Crippen LogP contribution >= 0.6 is 0 Å². The summed E-state index contributed by atoms with van der Waals surface area (Å²) in [6.45, 7) is 5.54. The van der Waals surface area contributed by atoms with Crippen molar-refractivity contribution in [1.29, 1.82) is 0 Å². The fourth-order valence-corrected chi connectivity index (χ4v) is 3.57. The number of aryl methyl sites for hydroxylation is 3. The Kier molecular flexibility index (Phi) is 4.65. The van der Waals surface area contributed by atoms with Gasteiger partial charge in [0.25, 0.3) is 0 Å². The average molecular weight is 358 g/mol. The van der Waals surface area contributed by atoms with Gasteiger partial charge in [-0.2, -0.15) is 0 Å². The SMILES string of the molecule is Cc1cc(-c2ccc(S(=O)(=O)NCc3nonc3C)cc2C)ccn1. The summed E-state index contributed by atoms with van der Waals surface area (Å²) >= 11 is 0. The van der Waals surface area contributed by atoms with Crippen LogP contribution in [0.1, 0.15) is 22.6 Å². The van der Waals surface area contributed by atoms with E-state index in [4.69, 9.17) is 0 Å². The smallest absolute Gasteiger partial charge is 0.240 e. The van der Waals surface area contributed by atoms with Crippen LogP contribution in [0.2, 0.25) is 0 Å². The first-order valence-corrected chi connectivity index (χ1v) is 9.16. The molecular weight excluding hydrogens is 340 g/mol. The maximum absolute atomic E-state index is 12.5. The van der Waals surface area contributed by atoms with Crippen molar-refractivity contribution < 1.29 is 13.0 Å². The fourth-order valence-electron chi connectivity index (χ4n) is 2.50. The first-order chi connectivity index (χ1) is 11.9. The highest BCUT2D eigenvalue weighted by Gasteiger charge is 2.17. The van der Waals surface area contributed by atoms with Gasteiger partial charge in [0.05, 0.1) is 11.4 Å². The van der Waals surface area contributed by atoms with E-state index in [9.17, 15) is 8.42 Å². The van der Waals surface area contributed by atoms with Crippen LogP contribution in [0.3, 0.4) is 0 Å². The highest BCUT2D eigenvalue weighted by Crippen LogP contribution is 2.26. The highest BCUT2D eigenvalue weighted by molar-refractivity contribution is 7.89. The third-order valence-electron chi connectivity index (χ3n) is 3.89. The summed E-state index contributed by atoms with van der Waals surface area (Å²) in [5, 5.41) is 7.30. The summed E-state index contributed by atoms with van der Waals surface area (Å²) < 4.78 is 32.1. The van der Waals surface area contributed by atoms with Crippen molar-refractivity contribution in [3.8, 4) is 11.1 Å². The Morgan fingerprint density at radius 1 is 1.08 bits per heavy atom. The number of rotatable bonds is 5.